The molecule has 0 radical (unpaired) electrons. The number of carbonyl (C=O) groups excluding carboxylic acids is 1. The van der Waals surface area contributed by atoms with Crippen molar-refractivity contribution in [3.8, 4) is 0 Å². The van der Waals surface area contributed by atoms with Crippen LogP contribution in [0.4, 0.5) is 23.5 Å². The number of hydrogen-bond acceptors (Lipinski definition) is 12. The number of nitrogens with zero attached hydrogens (tertiary/aromatic N) is 5. The van der Waals surface area contributed by atoms with Gasteiger partial charge < -0.3 is 46.1 Å². The molecule has 0 bridgehead atoms. The molecule has 212 valence electrons. The third kappa shape index (κ3) is 11.6. The quantitative estimate of drug-likeness (QED) is 0.111. The number of benzene rings is 1. The smallest absolute Gasteiger partial charge is 0.251 e. The number of imidazole rings is 1. The lowest BCUT2D eigenvalue weighted by Gasteiger charge is -2.12. The number of aromatic nitrogens is 5. The van der Waals surface area contributed by atoms with E-state index >= 15 is 0 Å². The van der Waals surface area contributed by atoms with Crippen molar-refractivity contribution in [3.05, 3.63) is 48.5 Å². The van der Waals surface area contributed by atoms with Crippen molar-refractivity contribution in [2.45, 2.75) is 19.4 Å². The lowest BCUT2D eigenvalue weighted by atomic mass is 10.2. The van der Waals surface area contributed by atoms with Crippen molar-refractivity contribution in [1.29, 1.82) is 0 Å². The molecule has 0 saturated carbocycles. The number of aryl methyl sites for hydroxylation is 1. The number of amides is 1. The molecular formula is C25H38N10O4. The minimum absolute atomic E-state index is 0.0691. The van der Waals surface area contributed by atoms with E-state index in [1.165, 1.54) is 0 Å². The molecule has 7 N–H and O–H groups in total. The summed E-state index contributed by atoms with van der Waals surface area (Å²) in [7, 11) is 0. The standard InChI is InChI=1S/C25H38N10O4/c26-7-15-38-17-18-39-16-11-28-22(37)20-3-5-21(6-4-20)31-25-33-23(32-24(34-25)30-9-2-14-36)29-8-1-12-35-13-10-27-19-35/h3-6,10,13,19,36H,1-2,7-9,11-12,14-18,26H2,(H,28,37)(H3,29,30,31,32,33,34). The first-order valence-electron chi connectivity index (χ1n) is 13.0. The summed E-state index contributed by atoms with van der Waals surface area (Å²) in [4.78, 5) is 29.8. The third-order valence-corrected chi connectivity index (χ3v) is 5.26. The Morgan fingerprint density at radius 3 is 2.26 bits per heavy atom. The molecule has 0 spiro atoms. The molecule has 39 heavy (non-hydrogen) atoms. The average molecular weight is 543 g/mol. The van der Waals surface area contributed by atoms with Crippen LogP contribution in [0.3, 0.4) is 0 Å². The number of anilines is 4. The highest BCUT2D eigenvalue weighted by atomic mass is 16.5. The van der Waals surface area contributed by atoms with Crippen molar-refractivity contribution in [2.75, 3.05) is 75.2 Å². The van der Waals surface area contributed by atoms with Crippen LogP contribution >= 0.6 is 0 Å². The molecule has 1 aromatic carbocycles. The van der Waals surface area contributed by atoms with Gasteiger partial charge in [-0.2, -0.15) is 15.0 Å². The number of hydrogen-bond donors (Lipinski definition) is 6. The van der Waals surface area contributed by atoms with Gasteiger partial charge in [-0.25, -0.2) is 4.98 Å². The Morgan fingerprint density at radius 2 is 1.59 bits per heavy atom. The zero-order valence-corrected chi connectivity index (χ0v) is 22.0. The summed E-state index contributed by atoms with van der Waals surface area (Å²) in [6.45, 7) is 4.78. The molecule has 2 aromatic heterocycles. The van der Waals surface area contributed by atoms with Crippen LogP contribution in [0.2, 0.25) is 0 Å². The summed E-state index contributed by atoms with van der Waals surface area (Å²) >= 11 is 0. The van der Waals surface area contributed by atoms with Gasteiger partial charge in [-0.05, 0) is 37.1 Å². The molecule has 0 unspecified atom stereocenters. The number of nitrogens with two attached hydrogens (primary N) is 1. The van der Waals surface area contributed by atoms with Crippen LogP contribution in [-0.4, -0.2) is 94.7 Å². The Morgan fingerprint density at radius 1 is 0.897 bits per heavy atom. The van der Waals surface area contributed by atoms with Gasteiger partial charge >= 0.3 is 0 Å². The van der Waals surface area contributed by atoms with Crippen LogP contribution in [0, 0.1) is 0 Å². The molecule has 0 saturated heterocycles. The highest BCUT2D eigenvalue weighted by Gasteiger charge is 2.09. The van der Waals surface area contributed by atoms with E-state index in [4.69, 9.17) is 20.3 Å². The van der Waals surface area contributed by atoms with Crippen LogP contribution in [-0.2, 0) is 16.0 Å². The summed E-state index contributed by atoms with van der Waals surface area (Å²) < 4.78 is 12.6. The highest BCUT2D eigenvalue weighted by molar-refractivity contribution is 5.94. The van der Waals surface area contributed by atoms with E-state index in [1.807, 2.05) is 10.8 Å². The van der Waals surface area contributed by atoms with Gasteiger partial charge in [0.1, 0.15) is 0 Å². The summed E-state index contributed by atoms with van der Waals surface area (Å²) in [5.41, 5.74) is 6.59. The van der Waals surface area contributed by atoms with Gasteiger partial charge in [0.05, 0.1) is 32.8 Å². The van der Waals surface area contributed by atoms with Gasteiger partial charge in [-0.1, -0.05) is 0 Å². The highest BCUT2D eigenvalue weighted by Crippen LogP contribution is 2.17. The predicted molar refractivity (Wildman–Crippen MR) is 148 cm³/mol. The first-order valence-corrected chi connectivity index (χ1v) is 13.0. The lowest BCUT2D eigenvalue weighted by Crippen LogP contribution is -2.27. The van der Waals surface area contributed by atoms with E-state index in [1.54, 1.807) is 36.8 Å². The van der Waals surface area contributed by atoms with Crippen LogP contribution in [0.25, 0.3) is 0 Å². The number of aliphatic hydroxyl groups is 1. The monoisotopic (exact) mass is 542 g/mol. The zero-order valence-electron chi connectivity index (χ0n) is 22.0. The fourth-order valence-corrected chi connectivity index (χ4v) is 3.33. The minimum Gasteiger partial charge on any atom is -0.396 e. The molecule has 1 amide bonds. The van der Waals surface area contributed by atoms with Crippen molar-refractivity contribution in [2.24, 2.45) is 5.73 Å². The summed E-state index contributed by atoms with van der Waals surface area (Å²) in [6.07, 6.45) is 6.87. The number of aliphatic hydroxyl groups excluding tert-OH is 1. The second-order valence-corrected chi connectivity index (χ2v) is 8.36. The maximum atomic E-state index is 12.4. The normalized spacial score (nSPS) is 10.8. The van der Waals surface area contributed by atoms with E-state index < -0.39 is 0 Å². The van der Waals surface area contributed by atoms with Crippen LogP contribution in [0.1, 0.15) is 23.2 Å². The van der Waals surface area contributed by atoms with Crippen LogP contribution in [0.15, 0.2) is 43.0 Å². The molecule has 0 atom stereocenters. The Labute approximate surface area is 227 Å². The molecular weight excluding hydrogens is 504 g/mol. The maximum Gasteiger partial charge on any atom is 0.251 e. The van der Waals surface area contributed by atoms with Crippen LogP contribution in [0.5, 0.6) is 0 Å². The Balaban J connectivity index is 1.50. The summed E-state index contributed by atoms with van der Waals surface area (Å²) in [5.74, 6) is 0.969. The molecule has 0 aliphatic heterocycles. The number of carbonyl (C=O) groups is 1. The first-order chi connectivity index (χ1) is 19.2. The molecule has 0 aliphatic carbocycles. The molecule has 2 heterocycles. The van der Waals surface area contributed by atoms with Gasteiger partial charge in [0.25, 0.3) is 5.91 Å². The Hall–Kier alpha value is -3.85. The van der Waals surface area contributed by atoms with Gasteiger partial charge in [-0.15, -0.1) is 0 Å². The fraction of sp³-hybridized carbons (Fsp3) is 0.480. The molecule has 0 aliphatic rings. The van der Waals surface area contributed by atoms with E-state index in [9.17, 15) is 4.79 Å². The average Bonchev–Trinajstić information content (AvgIpc) is 3.47. The first kappa shape index (κ1) is 29.7. The van der Waals surface area contributed by atoms with Gasteiger partial charge in [0.15, 0.2) is 0 Å². The van der Waals surface area contributed by atoms with Crippen LogP contribution < -0.4 is 27.0 Å². The largest absolute Gasteiger partial charge is 0.396 e. The lowest BCUT2D eigenvalue weighted by molar-refractivity contribution is 0.0511. The molecule has 0 fully saturated rings. The minimum atomic E-state index is -0.192. The topological polar surface area (TPSA) is 186 Å². The van der Waals surface area contributed by atoms with E-state index in [0.29, 0.717) is 88.1 Å². The van der Waals surface area contributed by atoms with Gasteiger partial charge in [0, 0.05) is 63.0 Å². The number of rotatable bonds is 20. The Kier molecular flexibility index (Phi) is 13.4. The van der Waals surface area contributed by atoms with Crippen molar-refractivity contribution in [1.82, 2.24) is 29.8 Å². The molecule has 3 aromatic rings. The Bertz CT molecular complexity index is 1080. The van der Waals surface area contributed by atoms with Gasteiger partial charge in [0.2, 0.25) is 17.8 Å². The van der Waals surface area contributed by atoms with E-state index in [0.717, 1.165) is 13.0 Å². The second kappa shape index (κ2) is 17.6. The summed E-state index contributed by atoms with van der Waals surface area (Å²) in [6, 6.07) is 6.99. The number of nitrogens with one attached hydrogen (secondary N) is 4. The molecule has 14 heteroatoms. The van der Waals surface area contributed by atoms with E-state index in [-0.39, 0.29) is 12.5 Å². The van der Waals surface area contributed by atoms with Gasteiger partial charge in [-0.3, -0.25) is 4.79 Å². The molecule has 3 rings (SSSR count). The SMILES string of the molecule is NCCOCCOCCNC(=O)c1ccc(Nc2nc(NCCCO)nc(NCCCn3ccnc3)n2)cc1. The molecule has 14 nitrogen and oxygen atoms in total. The van der Waals surface area contributed by atoms with Crippen molar-refractivity contribution < 1.29 is 19.4 Å². The van der Waals surface area contributed by atoms with Crippen molar-refractivity contribution in [3.63, 3.8) is 0 Å². The van der Waals surface area contributed by atoms with E-state index in [2.05, 4.69) is 41.2 Å². The third-order valence-electron chi connectivity index (χ3n) is 5.26. The summed E-state index contributed by atoms with van der Waals surface area (Å²) in [5, 5.41) is 21.4. The predicted octanol–water partition coefficient (Wildman–Crippen LogP) is 0.830. The number of ether oxygens (including phenoxy) is 2. The fourth-order valence-electron chi connectivity index (χ4n) is 3.33. The van der Waals surface area contributed by atoms with Crippen molar-refractivity contribution >= 4 is 29.4 Å². The zero-order chi connectivity index (χ0) is 27.5. The maximum absolute atomic E-state index is 12.4. The second-order valence-electron chi connectivity index (χ2n) is 8.36.